The van der Waals surface area contributed by atoms with Gasteiger partial charge in [0, 0.05) is 19.5 Å². The summed E-state index contributed by atoms with van der Waals surface area (Å²) in [6.45, 7) is 1.26. The van der Waals surface area contributed by atoms with Crippen molar-refractivity contribution in [3.63, 3.8) is 0 Å². The van der Waals surface area contributed by atoms with Crippen molar-refractivity contribution in [3.05, 3.63) is 0 Å². The summed E-state index contributed by atoms with van der Waals surface area (Å²) in [6.07, 6.45) is 2.52. The Kier molecular flexibility index (Phi) is 3.56. The van der Waals surface area contributed by atoms with Gasteiger partial charge < -0.3 is 10.0 Å². The third kappa shape index (κ3) is 2.94. The van der Waals surface area contributed by atoms with Crippen molar-refractivity contribution >= 4 is 6.09 Å². The van der Waals surface area contributed by atoms with E-state index in [1.807, 2.05) is 0 Å². The summed E-state index contributed by atoms with van der Waals surface area (Å²) >= 11 is 0. The molecule has 72 valence electrons. The molecule has 0 bridgehead atoms. The molecule has 13 heavy (non-hydrogen) atoms. The molecule has 1 aliphatic rings. The number of rotatable bonds is 2. The molecule has 0 spiro atoms. The Morgan fingerprint density at radius 3 is 2.62 bits per heavy atom. The summed E-state index contributed by atoms with van der Waals surface area (Å²) in [7, 11) is 0. The molecule has 1 aliphatic heterocycles. The Morgan fingerprint density at radius 2 is 2.15 bits per heavy atom. The average molecular weight is 182 g/mol. The zero-order valence-electron chi connectivity index (χ0n) is 7.57. The largest absolute Gasteiger partial charge is 0.465 e. The summed E-state index contributed by atoms with van der Waals surface area (Å²) < 4.78 is 0. The molecule has 0 aromatic heterocycles. The Bertz CT molecular complexity index is 214. The van der Waals surface area contributed by atoms with E-state index < -0.39 is 6.09 Å². The number of carbonyl (C=O) groups is 1. The lowest BCUT2D eigenvalue weighted by atomic mass is 9.93. The van der Waals surface area contributed by atoms with Crippen molar-refractivity contribution in [3.8, 4) is 6.07 Å². The van der Waals surface area contributed by atoms with Gasteiger partial charge in [-0.3, -0.25) is 0 Å². The zero-order valence-corrected chi connectivity index (χ0v) is 7.57. The Morgan fingerprint density at radius 1 is 1.54 bits per heavy atom. The van der Waals surface area contributed by atoms with Crippen LogP contribution in [0.3, 0.4) is 0 Å². The number of amides is 1. The van der Waals surface area contributed by atoms with Crippen LogP contribution < -0.4 is 0 Å². The van der Waals surface area contributed by atoms with Crippen LogP contribution in [0.15, 0.2) is 0 Å². The number of hydrogen-bond acceptors (Lipinski definition) is 2. The second-order valence-electron chi connectivity index (χ2n) is 3.41. The minimum atomic E-state index is -0.821. The van der Waals surface area contributed by atoms with Gasteiger partial charge in [0.2, 0.25) is 0 Å². The fraction of sp³-hybridized carbons (Fsp3) is 0.778. The van der Waals surface area contributed by atoms with E-state index in [1.165, 1.54) is 4.90 Å². The lowest BCUT2D eigenvalue weighted by Gasteiger charge is -2.29. The van der Waals surface area contributed by atoms with E-state index in [0.717, 1.165) is 19.3 Å². The van der Waals surface area contributed by atoms with Crippen LogP contribution in [-0.4, -0.2) is 29.2 Å². The SMILES string of the molecule is N#CCCC1CCN(C(=O)O)CC1. The molecule has 0 saturated carbocycles. The molecule has 4 heteroatoms. The molecule has 0 aromatic rings. The van der Waals surface area contributed by atoms with E-state index in [4.69, 9.17) is 10.4 Å². The second-order valence-corrected chi connectivity index (χ2v) is 3.41. The molecule has 4 nitrogen and oxygen atoms in total. The van der Waals surface area contributed by atoms with Crippen LogP contribution >= 0.6 is 0 Å². The fourth-order valence-corrected chi connectivity index (χ4v) is 1.68. The van der Waals surface area contributed by atoms with Crippen molar-refractivity contribution < 1.29 is 9.90 Å². The third-order valence-corrected chi connectivity index (χ3v) is 2.55. The van der Waals surface area contributed by atoms with Crippen LogP contribution in [0.5, 0.6) is 0 Å². The number of carboxylic acid groups (broad SMARTS) is 1. The highest BCUT2D eigenvalue weighted by molar-refractivity contribution is 5.64. The maximum absolute atomic E-state index is 10.5. The van der Waals surface area contributed by atoms with Crippen molar-refractivity contribution in [1.29, 1.82) is 5.26 Å². The second kappa shape index (κ2) is 4.70. The van der Waals surface area contributed by atoms with Crippen LogP contribution in [0.2, 0.25) is 0 Å². The highest BCUT2D eigenvalue weighted by Crippen LogP contribution is 2.21. The van der Waals surface area contributed by atoms with Gasteiger partial charge in [0.1, 0.15) is 0 Å². The summed E-state index contributed by atoms with van der Waals surface area (Å²) in [4.78, 5) is 12.0. The first kappa shape index (κ1) is 9.85. The molecule has 1 N–H and O–H groups in total. The highest BCUT2D eigenvalue weighted by atomic mass is 16.4. The van der Waals surface area contributed by atoms with Crippen molar-refractivity contribution in [1.82, 2.24) is 4.90 Å². The van der Waals surface area contributed by atoms with E-state index >= 15 is 0 Å². The van der Waals surface area contributed by atoms with Gasteiger partial charge in [-0.2, -0.15) is 5.26 Å². The van der Waals surface area contributed by atoms with Gasteiger partial charge in [-0.25, -0.2) is 4.79 Å². The monoisotopic (exact) mass is 182 g/mol. The Hall–Kier alpha value is -1.24. The van der Waals surface area contributed by atoms with Gasteiger partial charge in [0.15, 0.2) is 0 Å². The van der Waals surface area contributed by atoms with Gasteiger partial charge in [-0.1, -0.05) is 0 Å². The maximum Gasteiger partial charge on any atom is 0.407 e. The molecule has 1 saturated heterocycles. The zero-order chi connectivity index (χ0) is 9.68. The molecule has 1 amide bonds. The highest BCUT2D eigenvalue weighted by Gasteiger charge is 2.21. The lowest BCUT2D eigenvalue weighted by molar-refractivity contribution is 0.123. The molecular formula is C9H14N2O2. The van der Waals surface area contributed by atoms with Gasteiger partial charge in [0.25, 0.3) is 0 Å². The maximum atomic E-state index is 10.5. The Labute approximate surface area is 77.8 Å². The number of piperidine rings is 1. The topological polar surface area (TPSA) is 64.3 Å². The molecule has 0 aliphatic carbocycles. The third-order valence-electron chi connectivity index (χ3n) is 2.55. The van der Waals surface area contributed by atoms with E-state index in [1.54, 1.807) is 0 Å². The standard InChI is InChI=1S/C9H14N2O2/c10-5-1-2-8-3-6-11(7-4-8)9(12)13/h8H,1-4,6-7H2,(H,12,13). The summed E-state index contributed by atoms with van der Waals surface area (Å²) in [5.74, 6) is 0.551. The molecular weight excluding hydrogens is 168 g/mol. The van der Waals surface area contributed by atoms with Crippen molar-refractivity contribution in [2.45, 2.75) is 25.7 Å². The minimum Gasteiger partial charge on any atom is -0.465 e. The fourth-order valence-electron chi connectivity index (χ4n) is 1.68. The molecule has 1 fully saturated rings. The number of nitriles is 1. The lowest BCUT2D eigenvalue weighted by Crippen LogP contribution is -2.37. The van der Waals surface area contributed by atoms with E-state index in [9.17, 15) is 4.79 Å². The predicted molar refractivity (Wildman–Crippen MR) is 47.2 cm³/mol. The van der Waals surface area contributed by atoms with Crippen LogP contribution in [0.4, 0.5) is 4.79 Å². The first-order valence-electron chi connectivity index (χ1n) is 4.59. The molecule has 0 radical (unpaired) electrons. The molecule has 0 atom stereocenters. The first-order valence-corrected chi connectivity index (χ1v) is 4.59. The normalized spacial score (nSPS) is 18.2. The molecule has 0 aromatic carbocycles. The van der Waals surface area contributed by atoms with E-state index in [2.05, 4.69) is 6.07 Å². The minimum absolute atomic E-state index is 0.551. The van der Waals surface area contributed by atoms with Crippen LogP contribution in [0.1, 0.15) is 25.7 Å². The summed E-state index contributed by atoms with van der Waals surface area (Å²) in [6, 6.07) is 2.12. The van der Waals surface area contributed by atoms with Crippen LogP contribution in [0, 0.1) is 17.2 Å². The smallest absolute Gasteiger partial charge is 0.407 e. The number of likely N-dealkylation sites (tertiary alicyclic amines) is 1. The molecule has 1 heterocycles. The number of nitrogens with zero attached hydrogens (tertiary/aromatic N) is 2. The van der Waals surface area contributed by atoms with Gasteiger partial charge in [0.05, 0.1) is 6.07 Å². The Balaban J connectivity index is 2.23. The summed E-state index contributed by atoms with van der Waals surface area (Å²) in [5.41, 5.74) is 0. The predicted octanol–water partition coefficient (Wildman–Crippen LogP) is 1.68. The quantitative estimate of drug-likeness (QED) is 0.706. The summed E-state index contributed by atoms with van der Waals surface area (Å²) in [5, 5.41) is 17.1. The van der Waals surface area contributed by atoms with E-state index in [0.29, 0.717) is 25.4 Å². The van der Waals surface area contributed by atoms with Crippen molar-refractivity contribution in [2.24, 2.45) is 5.92 Å². The van der Waals surface area contributed by atoms with Crippen LogP contribution in [0.25, 0.3) is 0 Å². The van der Waals surface area contributed by atoms with Crippen LogP contribution in [-0.2, 0) is 0 Å². The van der Waals surface area contributed by atoms with Gasteiger partial charge in [-0.05, 0) is 25.2 Å². The molecule has 0 unspecified atom stereocenters. The average Bonchev–Trinajstić information content (AvgIpc) is 2.15. The molecule has 1 rings (SSSR count). The van der Waals surface area contributed by atoms with Gasteiger partial charge in [-0.15, -0.1) is 0 Å². The van der Waals surface area contributed by atoms with Crippen molar-refractivity contribution in [2.75, 3.05) is 13.1 Å². The van der Waals surface area contributed by atoms with E-state index in [-0.39, 0.29) is 0 Å². The van der Waals surface area contributed by atoms with Gasteiger partial charge >= 0.3 is 6.09 Å². The number of hydrogen-bond donors (Lipinski definition) is 1. The first-order chi connectivity index (χ1) is 6.24.